The summed E-state index contributed by atoms with van der Waals surface area (Å²) in [5.74, 6) is -0.531. The molecule has 10 heteroatoms. The maximum Gasteiger partial charge on any atom is 0.351 e. The average molecular weight is 350 g/mol. The van der Waals surface area contributed by atoms with E-state index in [0.29, 0.717) is 0 Å². The molecule has 3 rings (SSSR count). The first kappa shape index (κ1) is 17.1. The molecule has 1 amide bonds. The molecule has 1 saturated heterocycles. The van der Waals surface area contributed by atoms with Gasteiger partial charge >= 0.3 is 5.69 Å². The zero-order chi connectivity index (χ0) is 18.0. The van der Waals surface area contributed by atoms with Gasteiger partial charge in [-0.05, 0) is 18.2 Å². The summed E-state index contributed by atoms with van der Waals surface area (Å²) in [6.07, 6.45) is -1.92. The van der Waals surface area contributed by atoms with Crippen LogP contribution < -0.4 is 11.0 Å². The highest BCUT2D eigenvalue weighted by Crippen LogP contribution is 2.30. The fourth-order valence-electron chi connectivity index (χ4n) is 2.44. The molecule has 1 aliphatic rings. The van der Waals surface area contributed by atoms with Crippen molar-refractivity contribution >= 4 is 11.7 Å². The molecule has 1 aliphatic heterocycles. The number of amides is 1. The Hall–Kier alpha value is -2.69. The highest BCUT2D eigenvalue weighted by atomic mass is 19.1. The quantitative estimate of drug-likeness (QED) is 0.677. The number of nitrogens with zero attached hydrogens (tertiary/aromatic N) is 3. The average Bonchev–Trinajstić information content (AvgIpc) is 2.91. The summed E-state index contributed by atoms with van der Waals surface area (Å²) in [5, 5.41) is 21.1. The largest absolute Gasteiger partial charge is 0.394 e. The number of halogens is 1. The number of hydrogen-bond donors (Lipinski definition) is 3. The first-order valence-electron chi connectivity index (χ1n) is 7.40. The van der Waals surface area contributed by atoms with Crippen molar-refractivity contribution in [1.82, 2.24) is 14.5 Å². The van der Waals surface area contributed by atoms with Gasteiger partial charge in [-0.3, -0.25) is 14.3 Å². The van der Waals surface area contributed by atoms with E-state index < -0.39 is 42.8 Å². The first-order valence-corrected chi connectivity index (χ1v) is 7.40. The van der Waals surface area contributed by atoms with Gasteiger partial charge in [0.1, 0.15) is 18.0 Å². The number of anilines is 1. The van der Waals surface area contributed by atoms with Gasteiger partial charge in [0.25, 0.3) is 5.91 Å². The van der Waals surface area contributed by atoms with Crippen LogP contribution in [0.15, 0.2) is 41.6 Å². The molecule has 2 aromatic heterocycles. The number of aliphatic hydroxyl groups is 2. The van der Waals surface area contributed by atoms with Gasteiger partial charge in [0.15, 0.2) is 12.4 Å². The third kappa shape index (κ3) is 3.40. The predicted molar refractivity (Wildman–Crippen MR) is 82.6 cm³/mol. The van der Waals surface area contributed by atoms with Crippen LogP contribution in [0.25, 0.3) is 0 Å². The molecule has 132 valence electrons. The topological polar surface area (TPSA) is 127 Å². The van der Waals surface area contributed by atoms with Gasteiger partial charge in [0.2, 0.25) is 0 Å². The van der Waals surface area contributed by atoms with E-state index in [9.17, 15) is 19.1 Å². The second-order valence-corrected chi connectivity index (χ2v) is 5.38. The van der Waals surface area contributed by atoms with Crippen molar-refractivity contribution in [3.8, 4) is 0 Å². The molecule has 0 bridgehead atoms. The van der Waals surface area contributed by atoms with E-state index >= 15 is 0 Å². The van der Waals surface area contributed by atoms with Crippen molar-refractivity contribution in [2.75, 3.05) is 11.9 Å². The van der Waals surface area contributed by atoms with Crippen LogP contribution in [-0.2, 0) is 4.74 Å². The number of aliphatic hydroxyl groups excluding tert-OH is 2. The van der Waals surface area contributed by atoms with Crippen LogP contribution in [-0.4, -0.2) is 55.6 Å². The van der Waals surface area contributed by atoms with E-state index in [2.05, 4.69) is 15.3 Å². The van der Waals surface area contributed by atoms with Crippen molar-refractivity contribution in [1.29, 1.82) is 0 Å². The number of aromatic nitrogens is 3. The molecule has 3 heterocycles. The van der Waals surface area contributed by atoms with Crippen LogP contribution in [0, 0.1) is 0 Å². The van der Waals surface area contributed by atoms with Crippen molar-refractivity contribution in [3.63, 3.8) is 0 Å². The van der Waals surface area contributed by atoms with Gasteiger partial charge in [-0.2, -0.15) is 4.98 Å². The fraction of sp³-hybridized carbons (Fsp3) is 0.333. The summed E-state index contributed by atoms with van der Waals surface area (Å²) < 4.78 is 20.1. The van der Waals surface area contributed by atoms with Crippen LogP contribution in [0.5, 0.6) is 0 Å². The van der Waals surface area contributed by atoms with Gasteiger partial charge < -0.3 is 20.3 Å². The molecular formula is C15H15FN4O5. The number of pyridine rings is 1. The van der Waals surface area contributed by atoms with Crippen molar-refractivity contribution in [2.24, 2.45) is 0 Å². The van der Waals surface area contributed by atoms with Crippen molar-refractivity contribution in [2.45, 2.75) is 24.6 Å². The Morgan fingerprint density at radius 2 is 2.24 bits per heavy atom. The van der Waals surface area contributed by atoms with Crippen LogP contribution >= 0.6 is 0 Å². The molecule has 9 nitrogen and oxygen atoms in total. The molecule has 2 aromatic rings. The lowest BCUT2D eigenvalue weighted by molar-refractivity contribution is -0.0490. The second kappa shape index (κ2) is 7.05. The molecule has 0 aromatic carbocycles. The van der Waals surface area contributed by atoms with Gasteiger partial charge in [-0.15, -0.1) is 0 Å². The van der Waals surface area contributed by atoms with Crippen LogP contribution in [0.1, 0.15) is 16.6 Å². The Kier molecular flexibility index (Phi) is 4.83. The van der Waals surface area contributed by atoms with E-state index in [0.717, 1.165) is 4.57 Å². The van der Waals surface area contributed by atoms with E-state index in [1.807, 2.05) is 0 Å². The van der Waals surface area contributed by atoms with Crippen molar-refractivity contribution < 1.29 is 24.1 Å². The van der Waals surface area contributed by atoms with Gasteiger partial charge in [0.05, 0.1) is 12.2 Å². The van der Waals surface area contributed by atoms with E-state index in [-0.39, 0.29) is 11.4 Å². The third-order valence-electron chi connectivity index (χ3n) is 3.74. The minimum absolute atomic E-state index is 0.0252. The summed E-state index contributed by atoms with van der Waals surface area (Å²) in [5.41, 5.74) is -0.590. The zero-order valence-electron chi connectivity index (χ0n) is 12.8. The lowest BCUT2D eigenvalue weighted by atomic mass is 10.1. The zero-order valence-corrected chi connectivity index (χ0v) is 12.8. The summed E-state index contributed by atoms with van der Waals surface area (Å²) in [7, 11) is 0. The molecule has 4 atom stereocenters. The van der Waals surface area contributed by atoms with Crippen LogP contribution in [0.3, 0.4) is 0 Å². The number of carbonyl (C=O) groups excluding carboxylic acids is 1. The SMILES string of the molecule is O=C(Nc1ccn([C@H]2O[C@H](CO)[C@@H](O)[C@H]2F)c(=O)n1)c1cccnc1. The lowest BCUT2D eigenvalue weighted by Crippen LogP contribution is -2.33. The molecule has 3 N–H and O–H groups in total. The minimum Gasteiger partial charge on any atom is -0.394 e. The lowest BCUT2D eigenvalue weighted by Gasteiger charge is -2.16. The number of alkyl halides is 1. The third-order valence-corrected chi connectivity index (χ3v) is 3.74. The second-order valence-electron chi connectivity index (χ2n) is 5.38. The highest BCUT2D eigenvalue weighted by molar-refractivity contribution is 6.03. The van der Waals surface area contributed by atoms with E-state index in [4.69, 9.17) is 9.84 Å². The Morgan fingerprint density at radius 3 is 2.84 bits per heavy atom. The number of hydrogen-bond acceptors (Lipinski definition) is 7. The van der Waals surface area contributed by atoms with Crippen molar-refractivity contribution in [3.05, 3.63) is 52.8 Å². The summed E-state index contributed by atoms with van der Waals surface area (Å²) in [6, 6.07) is 4.42. The molecule has 0 unspecified atom stereocenters. The summed E-state index contributed by atoms with van der Waals surface area (Å²) >= 11 is 0. The molecule has 0 spiro atoms. The highest BCUT2D eigenvalue weighted by Gasteiger charge is 2.45. The summed E-state index contributed by atoms with van der Waals surface area (Å²) in [4.78, 5) is 31.6. The molecule has 0 radical (unpaired) electrons. The van der Waals surface area contributed by atoms with Crippen LogP contribution in [0.2, 0.25) is 0 Å². The molecule has 0 saturated carbocycles. The number of rotatable bonds is 4. The standard InChI is InChI=1S/C15H15FN4O5/c16-11-12(22)9(7-21)25-14(11)20-5-3-10(19-15(20)24)18-13(23)8-2-1-4-17-6-8/h1-6,9,11-12,14,21-22H,7H2,(H,18,19,23,24)/t9-,11-,12-,14+/m1/s1. The fourth-order valence-corrected chi connectivity index (χ4v) is 2.44. The number of ether oxygens (including phenoxy) is 1. The van der Waals surface area contributed by atoms with Gasteiger partial charge in [-0.1, -0.05) is 0 Å². The minimum atomic E-state index is -1.90. The van der Waals surface area contributed by atoms with Gasteiger partial charge in [0, 0.05) is 18.6 Å². The normalized spacial score (nSPS) is 25.7. The van der Waals surface area contributed by atoms with Crippen LogP contribution in [0.4, 0.5) is 10.2 Å². The predicted octanol–water partition coefficient (Wildman–Crippen LogP) is -0.521. The Balaban J connectivity index is 1.78. The first-order chi connectivity index (χ1) is 12.0. The maximum absolute atomic E-state index is 14.1. The number of nitrogens with one attached hydrogen (secondary N) is 1. The molecule has 0 aliphatic carbocycles. The summed E-state index contributed by atoms with van der Waals surface area (Å²) in [6.45, 7) is -0.584. The number of carbonyl (C=O) groups is 1. The Morgan fingerprint density at radius 1 is 1.44 bits per heavy atom. The molecule has 25 heavy (non-hydrogen) atoms. The molecular weight excluding hydrogens is 335 g/mol. The molecule has 1 fully saturated rings. The Labute approximate surface area is 140 Å². The van der Waals surface area contributed by atoms with Gasteiger partial charge in [-0.25, -0.2) is 9.18 Å². The van der Waals surface area contributed by atoms with E-state index in [1.165, 1.54) is 24.7 Å². The Bertz CT molecular complexity index is 815. The monoisotopic (exact) mass is 350 g/mol. The van der Waals surface area contributed by atoms with E-state index in [1.54, 1.807) is 12.1 Å². The smallest absolute Gasteiger partial charge is 0.351 e. The maximum atomic E-state index is 14.1.